The number of hydrogen-bond donors (Lipinski definition) is 2. The fraction of sp³-hybridized carbons (Fsp3) is 0.467. The number of carbonyl (C=O) groups excluding carboxylic acids is 1. The van der Waals surface area contributed by atoms with Crippen molar-refractivity contribution in [3.05, 3.63) is 35.9 Å². The highest BCUT2D eigenvalue weighted by Crippen LogP contribution is 2.30. The molecule has 1 aliphatic carbocycles. The molecule has 0 aromatic heterocycles. The highest BCUT2D eigenvalue weighted by atomic mass is 32.2. The van der Waals surface area contributed by atoms with Crippen molar-refractivity contribution in [2.45, 2.75) is 30.9 Å². The minimum Gasteiger partial charge on any atom is -0.388 e. The van der Waals surface area contributed by atoms with Crippen LogP contribution in [0.25, 0.3) is 0 Å². The molecule has 1 atom stereocenters. The molecular formula is C15H18N2O2S. The van der Waals surface area contributed by atoms with Gasteiger partial charge in [0.05, 0.1) is 10.6 Å². The number of hydrogen-bond acceptors (Lipinski definition) is 4. The Morgan fingerprint density at radius 3 is 2.80 bits per heavy atom. The van der Waals surface area contributed by atoms with Crippen LogP contribution >= 0.6 is 11.8 Å². The molecule has 0 saturated heterocycles. The molecule has 106 valence electrons. The summed E-state index contributed by atoms with van der Waals surface area (Å²) in [6.07, 6.45) is 2.61. The Morgan fingerprint density at radius 2 is 2.15 bits per heavy atom. The minimum absolute atomic E-state index is 0.0799. The minimum atomic E-state index is -0.673. The van der Waals surface area contributed by atoms with Crippen LogP contribution in [0.1, 0.15) is 24.8 Å². The summed E-state index contributed by atoms with van der Waals surface area (Å²) in [5.74, 6) is 0.595. The molecule has 1 saturated carbocycles. The zero-order chi connectivity index (χ0) is 14.0. The quantitative estimate of drug-likeness (QED) is 0.885. The van der Waals surface area contributed by atoms with Crippen molar-refractivity contribution in [1.29, 1.82) is 0 Å². The third-order valence-corrected chi connectivity index (χ3v) is 4.95. The molecule has 1 fully saturated rings. The fourth-order valence-corrected chi connectivity index (χ4v) is 3.42. The van der Waals surface area contributed by atoms with E-state index in [9.17, 15) is 9.90 Å². The molecule has 2 N–H and O–H groups in total. The van der Waals surface area contributed by atoms with Crippen LogP contribution in [0.2, 0.25) is 0 Å². The van der Waals surface area contributed by atoms with Crippen LogP contribution in [0.4, 0.5) is 0 Å². The smallest absolute Gasteiger partial charge is 0.245 e. The predicted molar refractivity (Wildman–Crippen MR) is 81.0 cm³/mol. The van der Waals surface area contributed by atoms with Gasteiger partial charge < -0.3 is 10.4 Å². The van der Waals surface area contributed by atoms with Gasteiger partial charge in [0.15, 0.2) is 0 Å². The van der Waals surface area contributed by atoms with Gasteiger partial charge in [-0.25, -0.2) is 0 Å². The predicted octanol–water partition coefficient (Wildman–Crippen LogP) is 1.58. The van der Waals surface area contributed by atoms with E-state index >= 15 is 0 Å². The Bertz CT molecular complexity index is 526. The Morgan fingerprint density at radius 1 is 1.40 bits per heavy atom. The molecule has 1 unspecified atom stereocenters. The lowest BCUT2D eigenvalue weighted by Gasteiger charge is -2.36. The largest absolute Gasteiger partial charge is 0.388 e. The lowest BCUT2D eigenvalue weighted by atomic mass is 9.80. The number of nitrogens with zero attached hydrogens (tertiary/aromatic N) is 1. The van der Waals surface area contributed by atoms with Crippen molar-refractivity contribution in [2.24, 2.45) is 4.99 Å². The van der Waals surface area contributed by atoms with Gasteiger partial charge in [0.1, 0.15) is 6.04 Å². The molecule has 0 bridgehead atoms. The summed E-state index contributed by atoms with van der Waals surface area (Å²) in [6.45, 7) is 0.350. The Kier molecular flexibility index (Phi) is 3.81. The average molecular weight is 290 g/mol. The van der Waals surface area contributed by atoms with Crippen molar-refractivity contribution < 1.29 is 9.90 Å². The molecule has 1 aromatic carbocycles. The Balaban J connectivity index is 1.58. The maximum Gasteiger partial charge on any atom is 0.245 e. The summed E-state index contributed by atoms with van der Waals surface area (Å²) in [6, 6.07) is 9.58. The molecule has 5 heteroatoms. The van der Waals surface area contributed by atoms with E-state index in [1.165, 1.54) is 0 Å². The standard InChI is InChI=1S/C15H18N2O2S/c18-13(16-10-15(19)7-4-8-15)12-9-20-14(17-12)11-5-2-1-3-6-11/h1-3,5-6,12,19H,4,7-10H2,(H,16,18). The van der Waals surface area contributed by atoms with Crippen LogP contribution in [-0.4, -0.2) is 40.0 Å². The maximum atomic E-state index is 12.1. The van der Waals surface area contributed by atoms with E-state index < -0.39 is 5.60 Å². The summed E-state index contributed by atoms with van der Waals surface area (Å²) in [5, 5.41) is 13.7. The summed E-state index contributed by atoms with van der Waals surface area (Å²) in [4.78, 5) is 16.6. The lowest BCUT2D eigenvalue weighted by Crippen LogP contribution is -2.49. The number of carbonyl (C=O) groups is 1. The first-order chi connectivity index (χ1) is 9.66. The van der Waals surface area contributed by atoms with Gasteiger partial charge in [0, 0.05) is 17.9 Å². The van der Waals surface area contributed by atoms with Crippen LogP contribution in [-0.2, 0) is 4.79 Å². The van der Waals surface area contributed by atoms with Crippen LogP contribution in [0.15, 0.2) is 35.3 Å². The molecule has 4 nitrogen and oxygen atoms in total. The third kappa shape index (κ3) is 2.88. The number of amides is 1. The zero-order valence-corrected chi connectivity index (χ0v) is 12.0. The third-order valence-electron chi connectivity index (χ3n) is 3.85. The SMILES string of the molecule is O=C(NCC1(O)CCC1)C1CSC(c2ccccc2)=N1. The normalized spacial score (nSPS) is 23.9. The summed E-state index contributed by atoms with van der Waals surface area (Å²) in [7, 11) is 0. The second kappa shape index (κ2) is 5.58. The van der Waals surface area contributed by atoms with E-state index in [1.54, 1.807) is 11.8 Å². The second-order valence-electron chi connectivity index (χ2n) is 5.42. The number of nitrogens with one attached hydrogen (secondary N) is 1. The first-order valence-electron chi connectivity index (χ1n) is 6.92. The molecule has 1 aromatic rings. The van der Waals surface area contributed by atoms with Gasteiger partial charge in [-0.2, -0.15) is 0 Å². The lowest BCUT2D eigenvalue weighted by molar-refractivity contribution is -0.124. The van der Waals surface area contributed by atoms with Crippen LogP contribution < -0.4 is 5.32 Å². The maximum absolute atomic E-state index is 12.1. The number of benzene rings is 1. The average Bonchev–Trinajstić information content (AvgIpc) is 2.93. The molecule has 1 aliphatic heterocycles. The molecule has 3 rings (SSSR count). The van der Waals surface area contributed by atoms with Crippen LogP contribution in [0, 0.1) is 0 Å². The van der Waals surface area contributed by atoms with Gasteiger partial charge >= 0.3 is 0 Å². The van der Waals surface area contributed by atoms with Crippen molar-refractivity contribution in [1.82, 2.24) is 5.32 Å². The summed E-state index contributed by atoms with van der Waals surface area (Å²) >= 11 is 1.61. The monoisotopic (exact) mass is 290 g/mol. The van der Waals surface area contributed by atoms with Gasteiger partial charge in [0.25, 0.3) is 0 Å². The van der Waals surface area contributed by atoms with E-state index in [4.69, 9.17) is 0 Å². The zero-order valence-electron chi connectivity index (χ0n) is 11.2. The molecule has 0 spiro atoms. The van der Waals surface area contributed by atoms with Gasteiger partial charge in [0.2, 0.25) is 5.91 Å². The Hall–Kier alpha value is -1.33. The number of aliphatic imine (C=N–C) groups is 1. The van der Waals surface area contributed by atoms with Gasteiger partial charge in [-0.3, -0.25) is 9.79 Å². The highest BCUT2D eigenvalue weighted by Gasteiger charge is 2.35. The molecule has 1 amide bonds. The topological polar surface area (TPSA) is 61.7 Å². The number of aliphatic hydroxyl groups is 1. The summed E-state index contributed by atoms with van der Waals surface area (Å²) < 4.78 is 0. The molecule has 1 heterocycles. The van der Waals surface area contributed by atoms with Gasteiger partial charge in [-0.1, -0.05) is 30.3 Å². The summed E-state index contributed by atoms with van der Waals surface area (Å²) in [5.41, 5.74) is 0.387. The fourth-order valence-electron chi connectivity index (χ4n) is 2.38. The van der Waals surface area contributed by atoms with Gasteiger partial charge in [-0.15, -0.1) is 11.8 Å². The number of rotatable bonds is 4. The first kappa shape index (κ1) is 13.6. The van der Waals surface area contributed by atoms with E-state index in [2.05, 4.69) is 10.3 Å². The van der Waals surface area contributed by atoms with Crippen molar-refractivity contribution in [3.63, 3.8) is 0 Å². The highest BCUT2D eigenvalue weighted by molar-refractivity contribution is 8.14. The number of thioether (sulfide) groups is 1. The molecule has 20 heavy (non-hydrogen) atoms. The van der Waals surface area contributed by atoms with Crippen LogP contribution in [0.5, 0.6) is 0 Å². The van der Waals surface area contributed by atoms with Crippen LogP contribution in [0.3, 0.4) is 0 Å². The first-order valence-corrected chi connectivity index (χ1v) is 7.91. The van der Waals surface area contributed by atoms with E-state index in [1.807, 2.05) is 30.3 Å². The van der Waals surface area contributed by atoms with E-state index in [-0.39, 0.29) is 11.9 Å². The van der Waals surface area contributed by atoms with Crippen molar-refractivity contribution in [3.8, 4) is 0 Å². The second-order valence-corrected chi connectivity index (χ2v) is 6.43. The van der Waals surface area contributed by atoms with Crippen molar-refractivity contribution in [2.75, 3.05) is 12.3 Å². The molecule has 2 aliphatic rings. The van der Waals surface area contributed by atoms with Crippen molar-refractivity contribution >= 4 is 22.7 Å². The van der Waals surface area contributed by atoms with Gasteiger partial charge in [-0.05, 0) is 19.3 Å². The molecular weight excluding hydrogens is 272 g/mol. The Labute approximate surface area is 122 Å². The van der Waals surface area contributed by atoms with E-state index in [0.29, 0.717) is 12.3 Å². The molecule has 0 radical (unpaired) electrons. The van der Waals surface area contributed by atoms with E-state index in [0.717, 1.165) is 29.9 Å².